The van der Waals surface area contributed by atoms with E-state index in [9.17, 15) is 18.0 Å². The van der Waals surface area contributed by atoms with E-state index in [4.69, 9.17) is 9.47 Å². The number of halogens is 3. The number of nitrogens with zero attached hydrogens (tertiary/aromatic N) is 4. The monoisotopic (exact) mass is 449 g/mol. The van der Waals surface area contributed by atoms with Crippen LogP contribution in [0.5, 0.6) is 5.75 Å². The van der Waals surface area contributed by atoms with Gasteiger partial charge in [0.1, 0.15) is 23.7 Å². The number of amides is 1. The highest BCUT2D eigenvalue weighted by Gasteiger charge is 2.30. The maximum Gasteiger partial charge on any atom is 0.416 e. The highest BCUT2D eigenvalue weighted by atomic mass is 19.4. The number of pyridine rings is 1. The Labute approximate surface area is 182 Å². The van der Waals surface area contributed by atoms with Crippen LogP contribution in [0.25, 0.3) is 11.5 Å². The summed E-state index contributed by atoms with van der Waals surface area (Å²) in [5.41, 5.74) is -0.487. The summed E-state index contributed by atoms with van der Waals surface area (Å²) in [7, 11) is 1.69. The van der Waals surface area contributed by atoms with Crippen molar-refractivity contribution in [2.45, 2.75) is 39.2 Å². The van der Waals surface area contributed by atoms with Gasteiger partial charge in [-0.15, -0.1) is 10.2 Å². The van der Waals surface area contributed by atoms with Crippen molar-refractivity contribution in [2.24, 2.45) is 7.05 Å². The molecule has 0 bridgehead atoms. The van der Waals surface area contributed by atoms with Gasteiger partial charge < -0.3 is 14.0 Å². The van der Waals surface area contributed by atoms with Crippen molar-refractivity contribution in [2.75, 3.05) is 5.32 Å². The summed E-state index contributed by atoms with van der Waals surface area (Å²) >= 11 is 0. The van der Waals surface area contributed by atoms with Crippen LogP contribution in [0.3, 0.4) is 0 Å². The van der Waals surface area contributed by atoms with Gasteiger partial charge in [-0.25, -0.2) is 4.79 Å². The number of hydrogen-bond acceptors (Lipinski definition) is 6. The number of anilines is 1. The predicted molar refractivity (Wildman–Crippen MR) is 110 cm³/mol. The zero-order valence-electron chi connectivity index (χ0n) is 17.9. The summed E-state index contributed by atoms with van der Waals surface area (Å²) in [4.78, 5) is 16.1. The lowest BCUT2D eigenvalue weighted by Gasteiger charge is -2.19. The average molecular weight is 449 g/mol. The molecule has 0 aliphatic heterocycles. The van der Waals surface area contributed by atoms with Crippen molar-refractivity contribution in [3.8, 4) is 17.3 Å². The van der Waals surface area contributed by atoms with Gasteiger partial charge in [0.2, 0.25) is 0 Å². The van der Waals surface area contributed by atoms with Crippen LogP contribution in [-0.4, -0.2) is 31.4 Å². The third-order valence-corrected chi connectivity index (χ3v) is 4.13. The van der Waals surface area contributed by atoms with E-state index in [0.717, 1.165) is 12.1 Å². The number of nitrogens with one attached hydrogen (secondary N) is 1. The molecule has 0 fully saturated rings. The van der Waals surface area contributed by atoms with Crippen molar-refractivity contribution in [1.29, 1.82) is 0 Å². The molecule has 3 aromatic rings. The summed E-state index contributed by atoms with van der Waals surface area (Å²) in [6.07, 6.45) is -3.60. The summed E-state index contributed by atoms with van der Waals surface area (Å²) in [6.45, 7) is 5.20. The van der Waals surface area contributed by atoms with E-state index < -0.39 is 23.4 Å². The van der Waals surface area contributed by atoms with Gasteiger partial charge in [-0.05, 0) is 51.1 Å². The molecule has 1 N–H and O–H groups in total. The van der Waals surface area contributed by atoms with Gasteiger partial charge in [0.05, 0.1) is 17.4 Å². The number of carbonyl (C=O) groups excluding carboxylic acids is 1. The topological polar surface area (TPSA) is 91.2 Å². The summed E-state index contributed by atoms with van der Waals surface area (Å²) in [5.74, 6) is 0.895. The molecule has 0 spiro atoms. The van der Waals surface area contributed by atoms with E-state index in [1.165, 1.54) is 18.3 Å². The van der Waals surface area contributed by atoms with E-state index in [1.807, 2.05) is 0 Å². The summed E-state index contributed by atoms with van der Waals surface area (Å²) in [5, 5.41) is 10.7. The Bertz CT molecular complexity index is 1090. The van der Waals surface area contributed by atoms with E-state index in [2.05, 4.69) is 20.5 Å². The first kappa shape index (κ1) is 23.0. The fourth-order valence-corrected chi connectivity index (χ4v) is 2.64. The Hall–Kier alpha value is -3.63. The third kappa shape index (κ3) is 5.96. The number of benzene rings is 1. The molecular formula is C21H22F3N5O3. The van der Waals surface area contributed by atoms with Crippen LogP contribution >= 0.6 is 0 Å². The zero-order valence-corrected chi connectivity index (χ0v) is 17.9. The highest BCUT2D eigenvalue weighted by molar-refractivity contribution is 5.84. The lowest BCUT2D eigenvalue weighted by molar-refractivity contribution is -0.137. The molecule has 0 saturated heterocycles. The van der Waals surface area contributed by atoms with Crippen molar-refractivity contribution >= 4 is 11.8 Å². The maximum atomic E-state index is 12.8. The second-order valence-corrected chi connectivity index (χ2v) is 7.87. The van der Waals surface area contributed by atoms with Crippen molar-refractivity contribution < 1.29 is 27.4 Å². The fourth-order valence-electron chi connectivity index (χ4n) is 2.64. The van der Waals surface area contributed by atoms with Gasteiger partial charge in [-0.1, -0.05) is 6.07 Å². The van der Waals surface area contributed by atoms with Crippen LogP contribution in [0, 0.1) is 0 Å². The molecule has 0 radical (unpaired) electrons. The van der Waals surface area contributed by atoms with Crippen LogP contribution in [0.15, 0.2) is 42.6 Å². The van der Waals surface area contributed by atoms with Crippen molar-refractivity contribution in [1.82, 2.24) is 19.7 Å². The molecule has 11 heteroatoms. The molecule has 3 rings (SSSR count). The second-order valence-electron chi connectivity index (χ2n) is 7.87. The van der Waals surface area contributed by atoms with Gasteiger partial charge in [0.25, 0.3) is 0 Å². The van der Waals surface area contributed by atoms with Crippen molar-refractivity contribution in [3.63, 3.8) is 0 Å². The molecule has 1 amide bonds. The first-order valence-electron chi connectivity index (χ1n) is 9.57. The van der Waals surface area contributed by atoms with Crippen LogP contribution in [0.2, 0.25) is 0 Å². The molecule has 0 atom stereocenters. The van der Waals surface area contributed by atoms with Crippen LogP contribution < -0.4 is 10.1 Å². The lowest BCUT2D eigenvalue weighted by Crippen LogP contribution is -2.27. The molecule has 8 nitrogen and oxygen atoms in total. The Balaban J connectivity index is 1.66. The van der Waals surface area contributed by atoms with E-state index in [-0.39, 0.29) is 12.4 Å². The van der Waals surface area contributed by atoms with Gasteiger partial charge in [-0.3, -0.25) is 10.3 Å². The number of aromatic nitrogens is 4. The van der Waals surface area contributed by atoms with Crippen molar-refractivity contribution in [3.05, 3.63) is 54.0 Å². The summed E-state index contributed by atoms with van der Waals surface area (Å²) in [6, 6.07) is 7.89. The molecule has 0 unspecified atom stereocenters. The first-order valence-corrected chi connectivity index (χ1v) is 9.57. The Morgan fingerprint density at radius 2 is 1.88 bits per heavy atom. The van der Waals surface area contributed by atoms with Gasteiger partial charge in [-0.2, -0.15) is 13.2 Å². The standard InChI is InChI=1S/C21H22F3N5O3/c1-20(2,3)32-19(30)26-14-8-9-16(25-11-14)18-28-27-17(29(18)4)12-31-15-7-5-6-13(10-15)21(22,23)24/h5-11H,12H2,1-4H3,(H,26,30). The molecule has 0 aliphatic rings. The molecule has 2 heterocycles. The van der Waals surface area contributed by atoms with E-state index in [1.54, 1.807) is 44.5 Å². The largest absolute Gasteiger partial charge is 0.486 e. The smallest absolute Gasteiger partial charge is 0.416 e. The molecule has 0 saturated carbocycles. The minimum Gasteiger partial charge on any atom is -0.486 e. The fraction of sp³-hybridized carbons (Fsp3) is 0.333. The minimum atomic E-state index is -4.45. The van der Waals surface area contributed by atoms with Gasteiger partial charge in [0.15, 0.2) is 11.6 Å². The number of alkyl halides is 3. The molecule has 32 heavy (non-hydrogen) atoms. The zero-order chi connectivity index (χ0) is 23.5. The summed E-state index contributed by atoms with van der Waals surface area (Å²) < 4.78 is 50.8. The lowest BCUT2D eigenvalue weighted by atomic mass is 10.2. The van der Waals surface area contributed by atoms with E-state index in [0.29, 0.717) is 23.0 Å². The van der Waals surface area contributed by atoms with Crippen LogP contribution in [-0.2, 0) is 24.6 Å². The molecule has 1 aromatic carbocycles. The number of ether oxygens (including phenoxy) is 2. The number of hydrogen-bond donors (Lipinski definition) is 1. The van der Waals surface area contributed by atoms with Crippen LogP contribution in [0.4, 0.5) is 23.7 Å². The molecular weight excluding hydrogens is 427 g/mol. The van der Waals surface area contributed by atoms with E-state index >= 15 is 0 Å². The molecule has 0 aliphatic carbocycles. The third-order valence-electron chi connectivity index (χ3n) is 4.13. The first-order chi connectivity index (χ1) is 14.9. The second kappa shape index (κ2) is 8.85. The SMILES string of the molecule is Cn1c(COc2cccc(C(F)(F)F)c2)nnc1-c1ccc(NC(=O)OC(C)(C)C)cn1. The Kier molecular flexibility index (Phi) is 6.37. The Morgan fingerprint density at radius 3 is 2.50 bits per heavy atom. The maximum absolute atomic E-state index is 12.8. The highest BCUT2D eigenvalue weighted by Crippen LogP contribution is 2.31. The van der Waals surface area contributed by atoms with Gasteiger partial charge in [0, 0.05) is 7.05 Å². The Morgan fingerprint density at radius 1 is 1.12 bits per heavy atom. The minimum absolute atomic E-state index is 0.0695. The number of rotatable bonds is 5. The predicted octanol–water partition coefficient (Wildman–Crippen LogP) is 4.82. The number of carbonyl (C=O) groups is 1. The van der Waals surface area contributed by atoms with Crippen LogP contribution in [0.1, 0.15) is 32.2 Å². The quantitative estimate of drug-likeness (QED) is 0.601. The van der Waals surface area contributed by atoms with Gasteiger partial charge >= 0.3 is 12.3 Å². The normalized spacial score (nSPS) is 11.8. The molecule has 170 valence electrons. The molecule has 2 aromatic heterocycles. The average Bonchev–Trinajstić information content (AvgIpc) is 3.05.